The van der Waals surface area contributed by atoms with Crippen molar-refractivity contribution in [2.24, 2.45) is 10.7 Å². The molecule has 0 amide bonds. The summed E-state index contributed by atoms with van der Waals surface area (Å²) in [7, 11) is 0. The highest BCUT2D eigenvalue weighted by atomic mass is 35.5. The Kier molecular flexibility index (Phi) is 6.42. The van der Waals surface area contributed by atoms with Crippen LogP contribution in [-0.2, 0) is 15.1 Å². The molecular weight excluding hydrogens is 363 g/mol. The molecule has 0 fully saturated rings. The van der Waals surface area contributed by atoms with Crippen LogP contribution < -0.4 is 5.73 Å². The van der Waals surface area contributed by atoms with Gasteiger partial charge in [0, 0.05) is 15.6 Å². The number of carbonyl (C=O) groups is 1. The van der Waals surface area contributed by atoms with Gasteiger partial charge in [-0.3, -0.25) is 9.79 Å². The van der Waals surface area contributed by atoms with Crippen molar-refractivity contribution in [2.45, 2.75) is 12.5 Å². The zero-order chi connectivity index (χ0) is 18.4. The van der Waals surface area contributed by atoms with Gasteiger partial charge in [-0.2, -0.15) is 0 Å². The standard InChI is InChI=1S/C17H16Cl2N2O.CH2O2/c1-17(10-22-9-16(20)21-17)12-4-2-3-11(7-12)14-8-13(18)5-6-15(14)19;2-1-3/h2-8H,9-10H2,1H3,(H2,20,21);1H,(H,2,3). The summed E-state index contributed by atoms with van der Waals surface area (Å²) in [6.45, 7) is 2.65. The normalized spacial score (nSPS) is 19.4. The first-order valence-corrected chi connectivity index (χ1v) is 8.21. The minimum absolute atomic E-state index is 0.250. The molecule has 25 heavy (non-hydrogen) atoms. The Labute approximate surface area is 156 Å². The van der Waals surface area contributed by atoms with Crippen molar-refractivity contribution in [3.8, 4) is 11.1 Å². The van der Waals surface area contributed by atoms with Gasteiger partial charge in [0.15, 0.2) is 0 Å². The molecule has 7 heteroatoms. The van der Waals surface area contributed by atoms with Gasteiger partial charge in [0.05, 0.1) is 6.61 Å². The predicted octanol–water partition coefficient (Wildman–Crippen LogP) is 3.96. The molecule has 3 rings (SSSR count). The average molecular weight is 381 g/mol. The van der Waals surface area contributed by atoms with E-state index in [2.05, 4.69) is 11.1 Å². The second-order valence-electron chi connectivity index (χ2n) is 5.68. The first-order valence-electron chi connectivity index (χ1n) is 7.45. The van der Waals surface area contributed by atoms with Crippen molar-refractivity contribution < 1.29 is 14.6 Å². The molecular formula is C18H18Cl2N2O3. The molecule has 5 nitrogen and oxygen atoms in total. The third-order valence-corrected chi connectivity index (χ3v) is 4.31. The Bertz CT molecular complexity index is 796. The first-order chi connectivity index (χ1) is 11.9. The highest BCUT2D eigenvalue weighted by Gasteiger charge is 2.30. The summed E-state index contributed by atoms with van der Waals surface area (Å²) in [5, 5.41) is 8.20. The lowest BCUT2D eigenvalue weighted by atomic mass is 9.90. The van der Waals surface area contributed by atoms with Crippen LogP contribution in [0.15, 0.2) is 47.5 Å². The molecule has 1 unspecified atom stereocenters. The number of nitrogens with zero attached hydrogens (tertiary/aromatic N) is 1. The number of halogens is 2. The van der Waals surface area contributed by atoms with E-state index < -0.39 is 5.54 Å². The Morgan fingerprint density at radius 1 is 1.28 bits per heavy atom. The number of hydrogen-bond donors (Lipinski definition) is 2. The van der Waals surface area contributed by atoms with E-state index in [1.165, 1.54) is 0 Å². The number of ether oxygens (including phenoxy) is 1. The van der Waals surface area contributed by atoms with Crippen LogP contribution in [0, 0.1) is 0 Å². The van der Waals surface area contributed by atoms with Crippen LogP contribution in [0.3, 0.4) is 0 Å². The molecule has 1 atom stereocenters. The second kappa shape index (κ2) is 8.34. The molecule has 0 saturated heterocycles. The summed E-state index contributed by atoms with van der Waals surface area (Å²) in [4.78, 5) is 12.9. The average Bonchev–Trinajstić information content (AvgIpc) is 2.58. The number of amidine groups is 1. The topological polar surface area (TPSA) is 84.9 Å². The van der Waals surface area contributed by atoms with Crippen LogP contribution in [-0.4, -0.2) is 30.6 Å². The number of nitrogens with two attached hydrogens (primary N) is 1. The summed E-state index contributed by atoms with van der Waals surface area (Å²) in [6.07, 6.45) is 0. The van der Waals surface area contributed by atoms with Crippen LogP contribution >= 0.6 is 23.2 Å². The number of rotatable bonds is 2. The van der Waals surface area contributed by atoms with Crippen molar-refractivity contribution in [2.75, 3.05) is 13.2 Å². The SMILES string of the molecule is CC1(c2cccc(-c3cc(Cl)ccc3Cl)c2)COCC(N)=N1.O=CO. The largest absolute Gasteiger partial charge is 0.483 e. The fraction of sp³-hybridized carbons (Fsp3) is 0.222. The monoisotopic (exact) mass is 380 g/mol. The zero-order valence-electron chi connectivity index (χ0n) is 13.6. The highest BCUT2D eigenvalue weighted by Crippen LogP contribution is 2.35. The molecule has 0 aliphatic carbocycles. The van der Waals surface area contributed by atoms with E-state index in [4.69, 9.17) is 43.6 Å². The fourth-order valence-electron chi connectivity index (χ4n) is 2.62. The van der Waals surface area contributed by atoms with Gasteiger partial charge >= 0.3 is 0 Å². The predicted molar refractivity (Wildman–Crippen MR) is 100 cm³/mol. The summed E-state index contributed by atoms with van der Waals surface area (Å²) in [6, 6.07) is 13.5. The molecule has 0 spiro atoms. The lowest BCUT2D eigenvalue weighted by Gasteiger charge is -2.30. The van der Waals surface area contributed by atoms with Gasteiger partial charge in [-0.25, -0.2) is 0 Å². The van der Waals surface area contributed by atoms with Gasteiger partial charge in [-0.15, -0.1) is 0 Å². The molecule has 1 aliphatic heterocycles. The van der Waals surface area contributed by atoms with Gasteiger partial charge in [0.2, 0.25) is 0 Å². The maximum absolute atomic E-state index is 8.36. The molecule has 132 valence electrons. The second-order valence-corrected chi connectivity index (χ2v) is 6.52. The van der Waals surface area contributed by atoms with E-state index in [0.717, 1.165) is 16.7 Å². The maximum Gasteiger partial charge on any atom is 0.290 e. The number of carboxylic acid groups (broad SMARTS) is 1. The number of hydrogen-bond acceptors (Lipinski definition) is 4. The zero-order valence-corrected chi connectivity index (χ0v) is 15.1. The Morgan fingerprint density at radius 3 is 2.68 bits per heavy atom. The lowest BCUT2D eigenvalue weighted by molar-refractivity contribution is -0.122. The molecule has 2 aromatic carbocycles. The Morgan fingerprint density at radius 2 is 2.00 bits per heavy atom. The number of benzene rings is 2. The van der Waals surface area contributed by atoms with E-state index in [-0.39, 0.29) is 6.47 Å². The van der Waals surface area contributed by atoms with Crippen LogP contribution in [0.2, 0.25) is 10.0 Å². The van der Waals surface area contributed by atoms with E-state index >= 15 is 0 Å². The Balaban J connectivity index is 0.000000701. The molecule has 0 bridgehead atoms. The maximum atomic E-state index is 8.36. The van der Waals surface area contributed by atoms with Gasteiger partial charge in [0.25, 0.3) is 6.47 Å². The number of aliphatic imine (C=N–C) groups is 1. The summed E-state index contributed by atoms with van der Waals surface area (Å²) in [5.74, 6) is 0.514. The molecule has 1 aliphatic rings. The van der Waals surface area contributed by atoms with Gasteiger partial charge in [-0.1, -0.05) is 41.4 Å². The summed E-state index contributed by atoms with van der Waals surface area (Å²) >= 11 is 12.4. The van der Waals surface area contributed by atoms with E-state index in [1.807, 2.05) is 31.2 Å². The van der Waals surface area contributed by atoms with Crippen molar-refractivity contribution in [1.29, 1.82) is 0 Å². The molecule has 1 heterocycles. The van der Waals surface area contributed by atoms with E-state index in [0.29, 0.717) is 29.1 Å². The first kappa shape index (κ1) is 19.2. The smallest absolute Gasteiger partial charge is 0.290 e. The fourth-order valence-corrected chi connectivity index (χ4v) is 3.02. The third kappa shape index (κ3) is 4.72. The van der Waals surface area contributed by atoms with Crippen molar-refractivity contribution >= 4 is 35.5 Å². The van der Waals surface area contributed by atoms with Crippen LogP contribution in [0.5, 0.6) is 0 Å². The molecule has 3 N–H and O–H groups in total. The van der Waals surface area contributed by atoms with Crippen LogP contribution in [0.25, 0.3) is 11.1 Å². The van der Waals surface area contributed by atoms with Gasteiger partial charge in [0.1, 0.15) is 18.0 Å². The summed E-state index contributed by atoms with van der Waals surface area (Å²) in [5.41, 5.74) is 8.26. The minimum atomic E-state index is -0.483. The lowest BCUT2D eigenvalue weighted by Crippen LogP contribution is -2.37. The van der Waals surface area contributed by atoms with Crippen molar-refractivity contribution in [1.82, 2.24) is 0 Å². The molecule has 0 saturated carbocycles. The quantitative estimate of drug-likeness (QED) is 0.771. The third-order valence-electron chi connectivity index (χ3n) is 3.75. The minimum Gasteiger partial charge on any atom is -0.483 e. The van der Waals surface area contributed by atoms with E-state index in [1.54, 1.807) is 12.1 Å². The van der Waals surface area contributed by atoms with Gasteiger partial charge in [-0.05, 0) is 42.3 Å². The van der Waals surface area contributed by atoms with Crippen molar-refractivity contribution in [3.05, 3.63) is 58.1 Å². The summed E-state index contributed by atoms with van der Waals surface area (Å²) < 4.78 is 5.54. The highest BCUT2D eigenvalue weighted by molar-refractivity contribution is 6.35. The van der Waals surface area contributed by atoms with Gasteiger partial charge < -0.3 is 15.6 Å². The van der Waals surface area contributed by atoms with Crippen LogP contribution in [0.1, 0.15) is 12.5 Å². The van der Waals surface area contributed by atoms with Crippen molar-refractivity contribution in [3.63, 3.8) is 0 Å². The molecule has 0 radical (unpaired) electrons. The van der Waals surface area contributed by atoms with Crippen LogP contribution in [0.4, 0.5) is 0 Å². The Hall–Kier alpha value is -2.08. The molecule has 2 aromatic rings. The molecule has 0 aromatic heterocycles. The van der Waals surface area contributed by atoms with E-state index in [9.17, 15) is 0 Å².